The van der Waals surface area contributed by atoms with Gasteiger partial charge in [0.1, 0.15) is 0 Å². The number of hydrogen-bond acceptors (Lipinski definition) is 4. The first-order valence-electron chi connectivity index (χ1n) is 8.80. The van der Waals surface area contributed by atoms with Gasteiger partial charge in [0.2, 0.25) is 0 Å². The van der Waals surface area contributed by atoms with Crippen LogP contribution >= 0.6 is 0 Å². The van der Waals surface area contributed by atoms with Crippen molar-refractivity contribution < 1.29 is 13.9 Å². The van der Waals surface area contributed by atoms with Gasteiger partial charge in [0.15, 0.2) is 5.76 Å². The third-order valence-corrected chi connectivity index (χ3v) is 5.17. The molecule has 1 spiro atoms. The second-order valence-electron chi connectivity index (χ2n) is 7.46. The van der Waals surface area contributed by atoms with Crippen molar-refractivity contribution in [1.29, 1.82) is 0 Å². The smallest absolute Gasteiger partial charge is 0.289 e. The number of benzene rings is 1. The predicted octanol–water partition coefficient (Wildman–Crippen LogP) is 2.64. The van der Waals surface area contributed by atoms with Crippen LogP contribution < -0.4 is 0 Å². The molecule has 5 nitrogen and oxygen atoms in total. The zero-order chi connectivity index (χ0) is 17.3. The van der Waals surface area contributed by atoms with E-state index >= 15 is 0 Å². The molecular weight excluding hydrogens is 316 g/mol. The lowest BCUT2D eigenvalue weighted by atomic mass is 9.77. The Morgan fingerprint density at radius 1 is 1.24 bits per heavy atom. The standard InChI is InChI=1S/C20H24N2O3/c1-21(11-16-6-3-2-4-7-16)12-17-10-20(15-25-17)13-22(14-20)19(23)18-8-5-9-24-18/h2-9,17H,10-15H2,1H3. The summed E-state index contributed by atoms with van der Waals surface area (Å²) in [5.41, 5.74) is 1.46. The summed E-state index contributed by atoms with van der Waals surface area (Å²) in [6, 6.07) is 14.0. The van der Waals surface area contributed by atoms with Crippen LogP contribution in [0.3, 0.4) is 0 Å². The van der Waals surface area contributed by atoms with E-state index in [0.717, 1.165) is 39.2 Å². The van der Waals surface area contributed by atoms with Crippen LogP contribution in [0.15, 0.2) is 53.1 Å². The molecule has 25 heavy (non-hydrogen) atoms. The van der Waals surface area contributed by atoms with Crippen molar-refractivity contribution in [3.8, 4) is 0 Å². The molecule has 5 heteroatoms. The molecule has 2 aliphatic rings. The summed E-state index contributed by atoms with van der Waals surface area (Å²) in [4.78, 5) is 16.4. The zero-order valence-corrected chi connectivity index (χ0v) is 14.6. The highest BCUT2D eigenvalue weighted by Gasteiger charge is 2.51. The van der Waals surface area contributed by atoms with Gasteiger partial charge in [0, 0.05) is 31.6 Å². The Balaban J connectivity index is 1.26. The summed E-state index contributed by atoms with van der Waals surface area (Å²) in [6.07, 6.45) is 2.81. The number of rotatable bonds is 5. The first-order valence-corrected chi connectivity index (χ1v) is 8.80. The normalized spacial score (nSPS) is 21.7. The maximum atomic E-state index is 12.3. The summed E-state index contributed by atoms with van der Waals surface area (Å²) < 4.78 is 11.2. The second kappa shape index (κ2) is 6.65. The van der Waals surface area contributed by atoms with Crippen molar-refractivity contribution >= 4 is 5.91 Å². The molecule has 132 valence electrons. The van der Waals surface area contributed by atoms with E-state index in [-0.39, 0.29) is 17.4 Å². The molecule has 1 unspecified atom stereocenters. The number of nitrogens with zero attached hydrogens (tertiary/aromatic N) is 2. The Hall–Kier alpha value is -2.11. The van der Waals surface area contributed by atoms with Gasteiger partial charge >= 0.3 is 0 Å². The van der Waals surface area contributed by atoms with Gasteiger partial charge < -0.3 is 14.1 Å². The maximum absolute atomic E-state index is 12.3. The highest BCUT2D eigenvalue weighted by molar-refractivity contribution is 5.92. The lowest BCUT2D eigenvalue weighted by Gasteiger charge is -2.46. The molecule has 2 fully saturated rings. The van der Waals surface area contributed by atoms with Gasteiger partial charge in [-0.05, 0) is 31.2 Å². The van der Waals surface area contributed by atoms with E-state index in [9.17, 15) is 4.79 Å². The number of likely N-dealkylation sites (N-methyl/N-ethyl adjacent to an activating group) is 1. The zero-order valence-electron chi connectivity index (χ0n) is 14.6. The van der Waals surface area contributed by atoms with Gasteiger partial charge in [0.05, 0.1) is 19.0 Å². The third kappa shape index (κ3) is 3.48. The predicted molar refractivity (Wildman–Crippen MR) is 94.2 cm³/mol. The van der Waals surface area contributed by atoms with Crippen LogP contribution in [-0.2, 0) is 11.3 Å². The van der Waals surface area contributed by atoms with Crippen LogP contribution in [0.5, 0.6) is 0 Å². The fourth-order valence-corrected chi connectivity index (χ4v) is 4.00. The maximum Gasteiger partial charge on any atom is 0.289 e. The van der Waals surface area contributed by atoms with E-state index in [1.807, 2.05) is 11.0 Å². The van der Waals surface area contributed by atoms with Crippen molar-refractivity contribution in [1.82, 2.24) is 9.80 Å². The van der Waals surface area contributed by atoms with Gasteiger partial charge in [0.25, 0.3) is 5.91 Å². The van der Waals surface area contributed by atoms with E-state index in [1.54, 1.807) is 18.4 Å². The molecule has 1 aromatic heterocycles. The number of carbonyl (C=O) groups is 1. The molecule has 1 amide bonds. The average Bonchev–Trinajstić information content (AvgIpc) is 3.23. The molecule has 2 aromatic rings. The summed E-state index contributed by atoms with van der Waals surface area (Å²) >= 11 is 0. The molecule has 0 aliphatic carbocycles. The number of ether oxygens (including phenoxy) is 1. The fourth-order valence-electron chi connectivity index (χ4n) is 4.00. The molecule has 1 aromatic carbocycles. The van der Waals surface area contributed by atoms with Gasteiger partial charge in [-0.3, -0.25) is 9.69 Å². The van der Waals surface area contributed by atoms with Gasteiger partial charge in [-0.1, -0.05) is 30.3 Å². The molecule has 0 bridgehead atoms. The van der Waals surface area contributed by atoms with Gasteiger partial charge in [-0.2, -0.15) is 0 Å². The van der Waals surface area contributed by atoms with E-state index in [1.165, 1.54) is 5.56 Å². The molecule has 3 heterocycles. The number of amides is 1. The van der Waals surface area contributed by atoms with Crippen molar-refractivity contribution in [2.45, 2.75) is 19.1 Å². The third-order valence-electron chi connectivity index (χ3n) is 5.17. The Labute approximate surface area is 148 Å². The summed E-state index contributed by atoms with van der Waals surface area (Å²) in [5.74, 6) is 0.410. The monoisotopic (exact) mass is 340 g/mol. The topological polar surface area (TPSA) is 45.9 Å². The number of likely N-dealkylation sites (tertiary alicyclic amines) is 1. The van der Waals surface area contributed by atoms with Crippen LogP contribution in [0.1, 0.15) is 22.5 Å². The first-order chi connectivity index (χ1) is 12.1. The molecular formula is C20H24N2O3. The molecule has 4 rings (SSSR count). The fraction of sp³-hybridized carbons (Fsp3) is 0.450. The van der Waals surface area contributed by atoms with E-state index in [0.29, 0.717) is 5.76 Å². The SMILES string of the molecule is CN(Cc1ccccc1)CC1CC2(CO1)CN(C(=O)c1ccco1)C2. The minimum atomic E-state index is -0.0136. The van der Waals surface area contributed by atoms with Crippen molar-refractivity contribution in [3.05, 3.63) is 60.1 Å². The van der Waals surface area contributed by atoms with Crippen LogP contribution in [0, 0.1) is 5.41 Å². The van der Waals surface area contributed by atoms with Gasteiger partial charge in [-0.25, -0.2) is 0 Å². The minimum Gasteiger partial charge on any atom is -0.459 e. The Morgan fingerprint density at radius 3 is 2.76 bits per heavy atom. The number of carbonyl (C=O) groups excluding carboxylic acids is 1. The Kier molecular flexibility index (Phi) is 4.36. The largest absolute Gasteiger partial charge is 0.459 e. The first kappa shape index (κ1) is 16.4. The molecule has 0 N–H and O–H groups in total. The minimum absolute atomic E-state index is 0.0136. The lowest BCUT2D eigenvalue weighted by Crippen LogP contribution is -2.59. The van der Waals surface area contributed by atoms with Crippen LogP contribution in [-0.4, -0.2) is 55.1 Å². The summed E-state index contributed by atoms with van der Waals surface area (Å²) in [5, 5.41) is 0. The number of hydrogen-bond donors (Lipinski definition) is 0. The van der Waals surface area contributed by atoms with Crippen molar-refractivity contribution in [2.24, 2.45) is 5.41 Å². The Bertz CT molecular complexity index is 708. The summed E-state index contributed by atoms with van der Waals surface area (Å²) in [6.45, 7) is 4.13. The molecule has 2 saturated heterocycles. The molecule has 2 aliphatic heterocycles. The van der Waals surface area contributed by atoms with Crippen molar-refractivity contribution in [2.75, 3.05) is 33.3 Å². The van der Waals surface area contributed by atoms with E-state index in [2.05, 4.69) is 36.2 Å². The second-order valence-corrected chi connectivity index (χ2v) is 7.46. The number of furan rings is 1. The molecule has 1 atom stereocenters. The highest BCUT2D eigenvalue weighted by Crippen LogP contribution is 2.41. The van der Waals surface area contributed by atoms with Gasteiger partial charge in [-0.15, -0.1) is 0 Å². The average molecular weight is 340 g/mol. The van der Waals surface area contributed by atoms with E-state index < -0.39 is 0 Å². The molecule has 0 saturated carbocycles. The van der Waals surface area contributed by atoms with E-state index in [4.69, 9.17) is 9.15 Å². The quantitative estimate of drug-likeness (QED) is 0.839. The molecule has 0 radical (unpaired) electrons. The van der Waals surface area contributed by atoms with Crippen LogP contribution in [0.2, 0.25) is 0 Å². The summed E-state index contributed by atoms with van der Waals surface area (Å²) in [7, 11) is 2.13. The Morgan fingerprint density at radius 2 is 2.04 bits per heavy atom. The highest BCUT2D eigenvalue weighted by atomic mass is 16.5. The van der Waals surface area contributed by atoms with Crippen LogP contribution in [0.25, 0.3) is 0 Å². The van der Waals surface area contributed by atoms with Crippen LogP contribution in [0.4, 0.5) is 0 Å². The van der Waals surface area contributed by atoms with Crippen molar-refractivity contribution in [3.63, 3.8) is 0 Å². The lowest BCUT2D eigenvalue weighted by molar-refractivity contribution is -0.00404.